The average molecular weight is 280 g/mol. The molecule has 0 N–H and O–H groups in total. The number of hydrogen-bond acceptors (Lipinski definition) is 3. The molecule has 74 valence electrons. The minimum absolute atomic E-state index is 0.946. The Balaban J connectivity index is 2.22. The van der Waals surface area contributed by atoms with Crippen LogP contribution in [0, 0.1) is 0 Å². The van der Waals surface area contributed by atoms with Gasteiger partial charge in [0.1, 0.15) is 11.3 Å². The van der Waals surface area contributed by atoms with Gasteiger partial charge in [-0.3, -0.25) is 4.98 Å². The van der Waals surface area contributed by atoms with Crippen molar-refractivity contribution in [2.45, 2.75) is 0 Å². The van der Waals surface area contributed by atoms with Crippen LogP contribution >= 0.6 is 27.3 Å². The summed E-state index contributed by atoms with van der Waals surface area (Å²) in [5.41, 5.74) is 3.73. The molecule has 0 spiro atoms. The molecule has 0 atom stereocenters. The van der Waals surface area contributed by atoms with Gasteiger partial charge in [0.2, 0.25) is 0 Å². The minimum atomic E-state index is 0.946. The van der Waals surface area contributed by atoms with Gasteiger partial charge in [0.05, 0.1) is 10.4 Å². The Hall–Kier alpha value is -1.20. The van der Waals surface area contributed by atoms with Gasteiger partial charge >= 0.3 is 0 Å². The number of fused-ring (bicyclic) bond motifs is 1. The van der Waals surface area contributed by atoms with Gasteiger partial charge in [0.25, 0.3) is 0 Å². The van der Waals surface area contributed by atoms with E-state index in [1.54, 1.807) is 11.3 Å². The zero-order chi connectivity index (χ0) is 10.3. The first-order valence-electron chi connectivity index (χ1n) is 4.36. The molecule has 0 aliphatic rings. The molecule has 15 heavy (non-hydrogen) atoms. The van der Waals surface area contributed by atoms with Crippen LogP contribution in [-0.4, -0.2) is 14.4 Å². The van der Waals surface area contributed by atoms with E-state index in [-0.39, 0.29) is 0 Å². The van der Waals surface area contributed by atoms with Crippen LogP contribution in [0.25, 0.3) is 16.2 Å². The number of hydrogen-bond donors (Lipinski definition) is 0. The number of thiazole rings is 1. The first-order chi connectivity index (χ1) is 7.33. The Morgan fingerprint density at radius 3 is 3.00 bits per heavy atom. The quantitative estimate of drug-likeness (QED) is 0.685. The first-order valence-corrected chi connectivity index (χ1v) is 6.03. The Kier molecular flexibility index (Phi) is 2.07. The second-order valence-corrected chi connectivity index (χ2v) is 4.91. The lowest BCUT2D eigenvalue weighted by Crippen LogP contribution is -1.80. The summed E-state index contributed by atoms with van der Waals surface area (Å²) in [6.07, 6.45) is 5.84. The topological polar surface area (TPSA) is 30.2 Å². The molecule has 5 heteroatoms. The summed E-state index contributed by atoms with van der Waals surface area (Å²) in [7, 11) is 0. The van der Waals surface area contributed by atoms with Crippen molar-refractivity contribution in [1.29, 1.82) is 0 Å². The average Bonchev–Trinajstić information content (AvgIpc) is 2.84. The van der Waals surface area contributed by atoms with Crippen molar-refractivity contribution >= 4 is 32.9 Å². The van der Waals surface area contributed by atoms with Crippen molar-refractivity contribution in [3.63, 3.8) is 0 Å². The highest BCUT2D eigenvalue weighted by atomic mass is 79.9. The Labute approximate surface area is 98.6 Å². The lowest BCUT2D eigenvalue weighted by molar-refractivity contribution is 1.17. The minimum Gasteiger partial charge on any atom is -0.305 e. The molecule has 0 fully saturated rings. The van der Waals surface area contributed by atoms with E-state index in [4.69, 9.17) is 0 Å². The predicted molar refractivity (Wildman–Crippen MR) is 64.0 cm³/mol. The molecule has 3 aromatic rings. The van der Waals surface area contributed by atoms with Gasteiger partial charge in [0, 0.05) is 23.1 Å². The van der Waals surface area contributed by atoms with Crippen LogP contribution in [-0.2, 0) is 0 Å². The molecule has 0 saturated carbocycles. The molecule has 0 aliphatic carbocycles. The molecule has 3 nitrogen and oxygen atoms in total. The van der Waals surface area contributed by atoms with Gasteiger partial charge in [0.15, 0.2) is 0 Å². The number of halogens is 1. The molecule has 0 saturated heterocycles. The second-order valence-electron chi connectivity index (χ2n) is 3.10. The predicted octanol–water partition coefficient (Wildman–Crippen LogP) is 3.22. The maximum atomic E-state index is 4.51. The monoisotopic (exact) mass is 279 g/mol. The number of aromatic nitrogens is 3. The second kappa shape index (κ2) is 3.43. The molecule has 0 amide bonds. The van der Waals surface area contributed by atoms with Crippen molar-refractivity contribution in [2.24, 2.45) is 0 Å². The third kappa shape index (κ3) is 1.57. The van der Waals surface area contributed by atoms with Crippen molar-refractivity contribution in [3.8, 4) is 10.6 Å². The lowest BCUT2D eigenvalue weighted by Gasteiger charge is -1.91. The van der Waals surface area contributed by atoms with Crippen LogP contribution in [0.4, 0.5) is 0 Å². The van der Waals surface area contributed by atoms with Gasteiger partial charge in [-0.05, 0) is 28.1 Å². The number of pyridine rings is 1. The smallest absolute Gasteiger partial charge is 0.137 e. The number of imidazole rings is 1. The molecule has 0 radical (unpaired) electrons. The van der Waals surface area contributed by atoms with E-state index in [0.29, 0.717) is 0 Å². The highest BCUT2D eigenvalue weighted by Crippen LogP contribution is 2.23. The maximum Gasteiger partial charge on any atom is 0.137 e. The lowest BCUT2D eigenvalue weighted by atomic mass is 10.4. The van der Waals surface area contributed by atoms with Gasteiger partial charge in [-0.15, -0.1) is 11.3 Å². The Bertz CT molecular complexity index is 600. The Morgan fingerprint density at radius 2 is 2.20 bits per heavy atom. The van der Waals surface area contributed by atoms with Crippen LogP contribution in [0.5, 0.6) is 0 Å². The molecular formula is C10H6BrN3S. The SMILES string of the molecule is Brc1ccc2nc(-c3cncs3)cn2c1. The zero-order valence-corrected chi connectivity index (χ0v) is 9.99. The fourth-order valence-electron chi connectivity index (χ4n) is 1.43. The summed E-state index contributed by atoms with van der Waals surface area (Å²) < 4.78 is 3.04. The molecular weight excluding hydrogens is 274 g/mol. The largest absolute Gasteiger partial charge is 0.305 e. The summed E-state index contributed by atoms with van der Waals surface area (Å²) >= 11 is 5.03. The fourth-order valence-corrected chi connectivity index (χ4v) is 2.35. The summed E-state index contributed by atoms with van der Waals surface area (Å²) in [5, 5.41) is 0. The first kappa shape index (κ1) is 9.06. The normalized spacial score (nSPS) is 11.0. The van der Waals surface area contributed by atoms with Crippen LogP contribution in [0.2, 0.25) is 0 Å². The van der Waals surface area contributed by atoms with E-state index in [2.05, 4.69) is 25.9 Å². The van der Waals surface area contributed by atoms with Crippen LogP contribution in [0.1, 0.15) is 0 Å². The van der Waals surface area contributed by atoms with Gasteiger partial charge in [-0.1, -0.05) is 0 Å². The molecule has 0 aliphatic heterocycles. The summed E-state index contributed by atoms with van der Waals surface area (Å²) in [4.78, 5) is 9.65. The highest BCUT2D eigenvalue weighted by Gasteiger charge is 2.05. The molecule has 0 bridgehead atoms. The van der Waals surface area contributed by atoms with E-state index in [0.717, 1.165) is 20.7 Å². The molecule has 0 aromatic carbocycles. The summed E-state index contributed by atoms with van der Waals surface area (Å²) in [5.74, 6) is 0. The van der Waals surface area contributed by atoms with Crippen LogP contribution < -0.4 is 0 Å². The number of rotatable bonds is 1. The van der Waals surface area contributed by atoms with Gasteiger partial charge < -0.3 is 4.40 Å². The third-order valence-corrected chi connectivity index (χ3v) is 3.36. The van der Waals surface area contributed by atoms with Gasteiger partial charge in [-0.2, -0.15) is 0 Å². The summed E-state index contributed by atoms with van der Waals surface area (Å²) in [6.45, 7) is 0. The maximum absolute atomic E-state index is 4.51. The highest BCUT2D eigenvalue weighted by molar-refractivity contribution is 9.10. The van der Waals surface area contributed by atoms with Crippen molar-refractivity contribution in [3.05, 3.63) is 40.7 Å². The zero-order valence-electron chi connectivity index (χ0n) is 7.59. The third-order valence-electron chi connectivity index (χ3n) is 2.10. The Morgan fingerprint density at radius 1 is 1.27 bits per heavy atom. The molecule has 3 heterocycles. The van der Waals surface area contributed by atoms with E-state index in [1.165, 1.54) is 0 Å². The molecule has 0 unspecified atom stereocenters. The van der Waals surface area contributed by atoms with Crippen molar-refractivity contribution < 1.29 is 0 Å². The molecule has 3 aromatic heterocycles. The van der Waals surface area contributed by atoms with Crippen LogP contribution in [0.3, 0.4) is 0 Å². The van der Waals surface area contributed by atoms with E-state index >= 15 is 0 Å². The van der Waals surface area contributed by atoms with E-state index in [1.807, 2.05) is 40.6 Å². The van der Waals surface area contributed by atoms with Crippen LogP contribution in [0.15, 0.2) is 40.7 Å². The fraction of sp³-hybridized carbons (Fsp3) is 0. The van der Waals surface area contributed by atoms with Gasteiger partial charge in [-0.25, -0.2) is 4.98 Å². The standard InChI is InChI=1S/C10H6BrN3S/c11-7-1-2-10-13-8(5-14(10)4-7)9-3-12-6-15-9/h1-6H. The van der Waals surface area contributed by atoms with Crippen molar-refractivity contribution in [1.82, 2.24) is 14.4 Å². The summed E-state index contributed by atoms with van der Waals surface area (Å²) in [6, 6.07) is 3.97. The number of nitrogens with zero attached hydrogens (tertiary/aromatic N) is 3. The molecule has 3 rings (SSSR count). The van der Waals surface area contributed by atoms with E-state index in [9.17, 15) is 0 Å². The van der Waals surface area contributed by atoms with Crippen molar-refractivity contribution in [2.75, 3.05) is 0 Å². The van der Waals surface area contributed by atoms with E-state index < -0.39 is 0 Å².